The summed E-state index contributed by atoms with van der Waals surface area (Å²) in [5.74, 6) is 0. The summed E-state index contributed by atoms with van der Waals surface area (Å²) < 4.78 is 25.2. The molecular formula is C8H6BrClN2O2S. The number of rotatable bonds is 3. The van der Waals surface area contributed by atoms with Crippen LogP contribution in [0.25, 0.3) is 0 Å². The van der Waals surface area contributed by atoms with Gasteiger partial charge in [-0.1, -0.05) is 15.9 Å². The molecule has 0 saturated carbocycles. The standard InChI is InChI=1S/C8H6BrClN2O2S/c9-7-1-2-8(6(3-7)4-11)12-15(13,14)5-10/h1-3,12H,5H2. The van der Waals surface area contributed by atoms with Crippen LogP contribution in [0, 0.1) is 11.3 Å². The quantitative estimate of drug-likeness (QED) is 0.871. The molecule has 1 N–H and O–H groups in total. The third-order valence-electron chi connectivity index (χ3n) is 1.51. The molecule has 7 heteroatoms. The first-order valence-electron chi connectivity index (χ1n) is 3.74. The fourth-order valence-electron chi connectivity index (χ4n) is 0.893. The number of halogens is 2. The van der Waals surface area contributed by atoms with E-state index in [0.717, 1.165) is 0 Å². The number of hydrogen-bond acceptors (Lipinski definition) is 3. The van der Waals surface area contributed by atoms with Crippen molar-refractivity contribution in [2.45, 2.75) is 0 Å². The lowest BCUT2D eigenvalue weighted by Gasteiger charge is -2.06. The topological polar surface area (TPSA) is 70.0 Å². The van der Waals surface area contributed by atoms with E-state index in [2.05, 4.69) is 20.7 Å². The number of nitriles is 1. The highest BCUT2D eigenvalue weighted by molar-refractivity contribution is 9.10. The van der Waals surface area contributed by atoms with E-state index in [9.17, 15) is 8.42 Å². The molecule has 0 fully saturated rings. The highest BCUT2D eigenvalue weighted by atomic mass is 79.9. The van der Waals surface area contributed by atoms with E-state index in [1.54, 1.807) is 6.07 Å². The molecule has 4 nitrogen and oxygen atoms in total. The first kappa shape index (κ1) is 12.3. The Labute approximate surface area is 101 Å². The minimum atomic E-state index is -3.57. The lowest BCUT2D eigenvalue weighted by Crippen LogP contribution is -2.14. The van der Waals surface area contributed by atoms with Crippen molar-refractivity contribution in [3.8, 4) is 6.07 Å². The van der Waals surface area contributed by atoms with Crippen LogP contribution in [0.3, 0.4) is 0 Å². The second-order valence-corrected chi connectivity index (χ2v) is 5.85. The summed E-state index contributed by atoms with van der Waals surface area (Å²) in [5.41, 5.74) is 0.458. The van der Waals surface area contributed by atoms with E-state index >= 15 is 0 Å². The van der Waals surface area contributed by atoms with E-state index in [-0.39, 0.29) is 11.3 Å². The molecule has 0 saturated heterocycles. The summed E-state index contributed by atoms with van der Waals surface area (Å²) in [6.07, 6.45) is 0. The Balaban J connectivity index is 3.12. The van der Waals surface area contributed by atoms with Crippen molar-refractivity contribution in [3.63, 3.8) is 0 Å². The molecule has 0 spiro atoms. The van der Waals surface area contributed by atoms with Gasteiger partial charge in [-0.25, -0.2) is 8.42 Å². The van der Waals surface area contributed by atoms with E-state index in [0.29, 0.717) is 4.47 Å². The van der Waals surface area contributed by atoms with Crippen LogP contribution in [0.1, 0.15) is 5.56 Å². The number of hydrogen-bond donors (Lipinski definition) is 1. The summed E-state index contributed by atoms with van der Waals surface area (Å²) in [7, 11) is -3.57. The molecule has 0 atom stereocenters. The van der Waals surface area contributed by atoms with Crippen molar-refractivity contribution in [3.05, 3.63) is 28.2 Å². The number of nitrogens with one attached hydrogen (secondary N) is 1. The summed E-state index contributed by atoms with van der Waals surface area (Å²) in [6.45, 7) is 0. The molecule has 0 bridgehead atoms. The maximum Gasteiger partial charge on any atom is 0.246 e. The number of anilines is 1. The Bertz CT molecular complexity index is 510. The van der Waals surface area contributed by atoms with Gasteiger partial charge in [-0.2, -0.15) is 5.26 Å². The Kier molecular flexibility index (Phi) is 3.97. The molecule has 0 heterocycles. The van der Waals surface area contributed by atoms with Gasteiger partial charge < -0.3 is 0 Å². The smallest absolute Gasteiger partial charge is 0.246 e. The van der Waals surface area contributed by atoms with Crippen LogP contribution in [-0.4, -0.2) is 13.6 Å². The van der Waals surface area contributed by atoms with Gasteiger partial charge in [0.25, 0.3) is 0 Å². The minimum absolute atomic E-state index is 0.223. The lowest BCUT2D eigenvalue weighted by atomic mass is 10.2. The highest BCUT2D eigenvalue weighted by Gasteiger charge is 2.11. The molecule has 0 amide bonds. The van der Waals surface area contributed by atoms with Crippen LogP contribution in [-0.2, 0) is 10.0 Å². The monoisotopic (exact) mass is 308 g/mol. The van der Waals surface area contributed by atoms with Crippen molar-refractivity contribution >= 4 is 43.2 Å². The Morgan fingerprint density at radius 2 is 2.20 bits per heavy atom. The summed E-state index contributed by atoms with van der Waals surface area (Å²) >= 11 is 8.41. The van der Waals surface area contributed by atoms with Gasteiger partial charge in [-0.05, 0) is 18.2 Å². The maximum absolute atomic E-state index is 11.2. The number of benzene rings is 1. The molecular weight excluding hydrogens is 304 g/mol. The van der Waals surface area contributed by atoms with Crippen molar-refractivity contribution in [1.82, 2.24) is 0 Å². The van der Waals surface area contributed by atoms with E-state index in [1.807, 2.05) is 6.07 Å². The highest BCUT2D eigenvalue weighted by Crippen LogP contribution is 2.21. The molecule has 0 radical (unpaired) electrons. The molecule has 0 aliphatic heterocycles. The van der Waals surface area contributed by atoms with Crippen molar-refractivity contribution in [1.29, 1.82) is 5.26 Å². The summed E-state index contributed by atoms with van der Waals surface area (Å²) in [6, 6.07) is 6.53. The van der Waals surface area contributed by atoms with Crippen LogP contribution in [0.2, 0.25) is 0 Å². The lowest BCUT2D eigenvalue weighted by molar-refractivity contribution is 0.605. The molecule has 1 rings (SSSR count). The predicted octanol–water partition coefficient (Wildman–Crippen LogP) is 2.26. The van der Waals surface area contributed by atoms with Crippen LogP contribution in [0.15, 0.2) is 22.7 Å². The van der Waals surface area contributed by atoms with E-state index < -0.39 is 15.2 Å². The maximum atomic E-state index is 11.2. The van der Waals surface area contributed by atoms with Gasteiger partial charge in [0.05, 0.1) is 11.3 Å². The van der Waals surface area contributed by atoms with E-state index in [4.69, 9.17) is 16.9 Å². The third kappa shape index (κ3) is 3.38. The zero-order chi connectivity index (χ0) is 11.5. The largest absolute Gasteiger partial charge is 0.281 e. The summed E-state index contributed by atoms with van der Waals surface area (Å²) in [5, 5.41) is 8.23. The van der Waals surface area contributed by atoms with Crippen molar-refractivity contribution < 1.29 is 8.42 Å². The van der Waals surface area contributed by atoms with Crippen molar-refractivity contribution in [2.24, 2.45) is 0 Å². The zero-order valence-corrected chi connectivity index (χ0v) is 10.5. The molecule has 0 aliphatic carbocycles. The van der Waals surface area contributed by atoms with Crippen molar-refractivity contribution in [2.75, 3.05) is 9.93 Å². The number of alkyl halides is 1. The van der Waals surface area contributed by atoms with Crippen LogP contribution in [0.4, 0.5) is 5.69 Å². The van der Waals surface area contributed by atoms with Gasteiger partial charge in [0, 0.05) is 4.47 Å². The first-order valence-corrected chi connectivity index (χ1v) is 6.72. The number of sulfonamides is 1. The van der Waals surface area contributed by atoms with Crippen LogP contribution < -0.4 is 4.72 Å². The molecule has 1 aromatic carbocycles. The SMILES string of the molecule is N#Cc1cc(Br)ccc1NS(=O)(=O)CCl. The van der Waals surface area contributed by atoms with E-state index in [1.165, 1.54) is 12.1 Å². The van der Waals surface area contributed by atoms with Gasteiger partial charge in [0.2, 0.25) is 10.0 Å². The molecule has 1 aromatic rings. The Hall–Kier alpha value is -0.770. The molecule has 0 aliphatic rings. The second-order valence-electron chi connectivity index (χ2n) is 2.63. The fourth-order valence-corrected chi connectivity index (χ4v) is 1.99. The van der Waals surface area contributed by atoms with Crippen LogP contribution in [0.5, 0.6) is 0 Å². The van der Waals surface area contributed by atoms with Crippen LogP contribution >= 0.6 is 27.5 Å². The van der Waals surface area contributed by atoms with Gasteiger partial charge in [-0.15, -0.1) is 11.6 Å². The van der Waals surface area contributed by atoms with Gasteiger partial charge in [-0.3, -0.25) is 4.72 Å². The third-order valence-corrected chi connectivity index (χ3v) is 3.68. The normalized spacial score (nSPS) is 10.7. The molecule has 15 heavy (non-hydrogen) atoms. The van der Waals surface area contributed by atoms with Gasteiger partial charge in [0.15, 0.2) is 0 Å². The Morgan fingerprint density at radius 1 is 1.53 bits per heavy atom. The Morgan fingerprint density at radius 3 is 2.73 bits per heavy atom. The minimum Gasteiger partial charge on any atom is -0.281 e. The summed E-state index contributed by atoms with van der Waals surface area (Å²) in [4.78, 5) is 0. The second kappa shape index (κ2) is 4.84. The predicted molar refractivity (Wildman–Crippen MR) is 62.1 cm³/mol. The number of nitrogens with zero attached hydrogens (tertiary/aromatic N) is 1. The first-order chi connectivity index (χ1) is 6.98. The van der Waals surface area contributed by atoms with Gasteiger partial charge in [0.1, 0.15) is 11.3 Å². The molecule has 0 unspecified atom stereocenters. The average Bonchev–Trinajstić information content (AvgIpc) is 2.20. The fraction of sp³-hybridized carbons (Fsp3) is 0.125. The molecule has 80 valence electrons. The van der Waals surface area contributed by atoms with Gasteiger partial charge >= 0.3 is 0 Å². The molecule has 0 aromatic heterocycles. The average molecular weight is 310 g/mol. The zero-order valence-electron chi connectivity index (χ0n) is 7.37.